The standard InChI is InChI=1S/C14H21FN2O3S/c1-3-9-16-14(18)8-10-17(21(2,19)20)11-12-6-4-5-7-13(12)15/h4-7H,3,8-11H2,1-2H3,(H,16,18). The van der Waals surface area contributed by atoms with E-state index in [-0.39, 0.29) is 31.0 Å². The van der Waals surface area contributed by atoms with Crippen LogP contribution in [0.2, 0.25) is 0 Å². The van der Waals surface area contributed by atoms with Gasteiger partial charge in [-0.15, -0.1) is 0 Å². The van der Waals surface area contributed by atoms with Crippen molar-refractivity contribution in [1.82, 2.24) is 9.62 Å². The van der Waals surface area contributed by atoms with E-state index >= 15 is 0 Å². The van der Waals surface area contributed by atoms with Gasteiger partial charge in [-0.05, 0) is 12.5 Å². The zero-order valence-electron chi connectivity index (χ0n) is 12.3. The maximum Gasteiger partial charge on any atom is 0.221 e. The first-order valence-corrected chi connectivity index (χ1v) is 8.64. The highest BCUT2D eigenvalue weighted by atomic mass is 32.2. The third-order valence-electron chi connectivity index (χ3n) is 2.93. The molecule has 1 aromatic carbocycles. The summed E-state index contributed by atoms with van der Waals surface area (Å²) in [5.74, 6) is -0.666. The van der Waals surface area contributed by atoms with Gasteiger partial charge in [0.05, 0.1) is 6.26 Å². The monoisotopic (exact) mass is 316 g/mol. The van der Waals surface area contributed by atoms with E-state index < -0.39 is 15.8 Å². The molecule has 0 heterocycles. The van der Waals surface area contributed by atoms with E-state index in [1.165, 1.54) is 12.1 Å². The van der Waals surface area contributed by atoms with Gasteiger partial charge >= 0.3 is 0 Å². The fourth-order valence-electron chi connectivity index (χ4n) is 1.76. The first-order chi connectivity index (χ1) is 9.84. The number of amides is 1. The molecule has 0 spiro atoms. The number of carbonyl (C=O) groups excluding carboxylic acids is 1. The maximum atomic E-state index is 13.6. The van der Waals surface area contributed by atoms with Gasteiger partial charge in [-0.25, -0.2) is 12.8 Å². The molecule has 0 unspecified atom stereocenters. The Morgan fingerprint density at radius 3 is 2.57 bits per heavy atom. The van der Waals surface area contributed by atoms with E-state index in [2.05, 4.69) is 5.32 Å². The quantitative estimate of drug-likeness (QED) is 0.790. The van der Waals surface area contributed by atoms with Crippen LogP contribution in [0.25, 0.3) is 0 Å². The lowest BCUT2D eigenvalue weighted by Crippen LogP contribution is -2.34. The van der Waals surface area contributed by atoms with Gasteiger partial charge in [0.25, 0.3) is 0 Å². The number of rotatable bonds is 8. The lowest BCUT2D eigenvalue weighted by molar-refractivity contribution is -0.121. The number of sulfonamides is 1. The van der Waals surface area contributed by atoms with Crippen molar-refractivity contribution >= 4 is 15.9 Å². The zero-order valence-corrected chi connectivity index (χ0v) is 13.1. The largest absolute Gasteiger partial charge is 0.356 e. The van der Waals surface area contributed by atoms with Crippen molar-refractivity contribution in [1.29, 1.82) is 0 Å². The summed E-state index contributed by atoms with van der Waals surface area (Å²) in [6.07, 6.45) is 1.93. The molecule has 1 rings (SSSR count). The second-order valence-corrected chi connectivity index (χ2v) is 6.77. The Morgan fingerprint density at radius 1 is 1.33 bits per heavy atom. The Bertz CT molecular complexity index is 575. The summed E-state index contributed by atoms with van der Waals surface area (Å²) in [4.78, 5) is 11.5. The van der Waals surface area contributed by atoms with E-state index in [0.717, 1.165) is 17.0 Å². The normalized spacial score (nSPS) is 11.6. The van der Waals surface area contributed by atoms with Crippen molar-refractivity contribution in [2.75, 3.05) is 19.3 Å². The Hall–Kier alpha value is -1.47. The van der Waals surface area contributed by atoms with Crippen molar-refractivity contribution in [3.8, 4) is 0 Å². The average Bonchev–Trinajstić information content (AvgIpc) is 2.41. The van der Waals surface area contributed by atoms with Crippen LogP contribution >= 0.6 is 0 Å². The summed E-state index contributed by atoms with van der Waals surface area (Å²) in [5.41, 5.74) is 0.289. The Morgan fingerprint density at radius 2 is 2.00 bits per heavy atom. The molecule has 1 aromatic rings. The minimum absolute atomic E-state index is 0.0305. The van der Waals surface area contributed by atoms with Gasteiger partial charge < -0.3 is 5.32 Å². The smallest absolute Gasteiger partial charge is 0.221 e. The molecule has 0 saturated carbocycles. The zero-order chi connectivity index (χ0) is 15.9. The van der Waals surface area contributed by atoms with E-state index in [9.17, 15) is 17.6 Å². The number of halogens is 1. The van der Waals surface area contributed by atoms with Gasteiger partial charge in [0, 0.05) is 31.6 Å². The molecule has 7 heteroatoms. The number of nitrogens with one attached hydrogen (secondary N) is 1. The molecule has 0 aromatic heterocycles. The first kappa shape index (κ1) is 17.6. The average molecular weight is 316 g/mol. The van der Waals surface area contributed by atoms with E-state index in [1.54, 1.807) is 12.1 Å². The molecule has 0 atom stereocenters. The van der Waals surface area contributed by atoms with Crippen LogP contribution in [0.15, 0.2) is 24.3 Å². The van der Waals surface area contributed by atoms with Crippen LogP contribution in [0.1, 0.15) is 25.3 Å². The fourth-order valence-corrected chi connectivity index (χ4v) is 2.55. The van der Waals surface area contributed by atoms with Gasteiger partial charge in [-0.1, -0.05) is 25.1 Å². The highest BCUT2D eigenvalue weighted by Gasteiger charge is 2.19. The Balaban J connectivity index is 2.70. The number of carbonyl (C=O) groups is 1. The first-order valence-electron chi connectivity index (χ1n) is 6.79. The minimum atomic E-state index is -3.51. The Kier molecular flexibility index (Phi) is 6.77. The van der Waals surface area contributed by atoms with Crippen LogP contribution in [0.5, 0.6) is 0 Å². The second kappa shape index (κ2) is 8.09. The summed E-state index contributed by atoms with van der Waals surface area (Å²) in [6.45, 7) is 2.45. The molecule has 118 valence electrons. The molecule has 0 radical (unpaired) electrons. The van der Waals surface area contributed by atoms with Crippen LogP contribution in [0, 0.1) is 5.82 Å². The van der Waals surface area contributed by atoms with Gasteiger partial charge in [-0.2, -0.15) is 4.31 Å². The third kappa shape index (κ3) is 6.22. The fraction of sp³-hybridized carbons (Fsp3) is 0.500. The molecular formula is C14H21FN2O3S. The molecule has 0 aliphatic heterocycles. The molecule has 1 N–H and O–H groups in total. The van der Waals surface area contributed by atoms with Gasteiger partial charge in [0.1, 0.15) is 5.82 Å². The third-order valence-corrected chi connectivity index (χ3v) is 4.18. The van der Waals surface area contributed by atoms with Crippen LogP contribution < -0.4 is 5.32 Å². The van der Waals surface area contributed by atoms with Crippen LogP contribution in [0.3, 0.4) is 0 Å². The lowest BCUT2D eigenvalue weighted by Gasteiger charge is -2.20. The highest BCUT2D eigenvalue weighted by Crippen LogP contribution is 2.12. The molecular weight excluding hydrogens is 295 g/mol. The van der Waals surface area contributed by atoms with E-state index in [1.807, 2.05) is 6.92 Å². The van der Waals surface area contributed by atoms with Crippen molar-refractivity contribution in [3.05, 3.63) is 35.6 Å². The molecule has 5 nitrogen and oxygen atoms in total. The Labute approximate surface area is 125 Å². The second-order valence-electron chi connectivity index (χ2n) is 4.79. The molecule has 0 bridgehead atoms. The molecule has 0 saturated heterocycles. The number of hydrogen-bond acceptors (Lipinski definition) is 3. The van der Waals surface area contributed by atoms with Gasteiger partial charge in [0.2, 0.25) is 15.9 Å². The lowest BCUT2D eigenvalue weighted by atomic mass is 10.2. The van der Waals surface area contributed by atoms with Crippen molar-refractivity contribution < 1.29 is 17.6 Å². The highest BCUT2D eigenvalue weighted by molar-refractivity contribution is 7.88. The van der Waals surface area contributed by atoms with Crippen LogP contribution in [-0.2, 0) is 21.4 Å². The molecule has 1 amide bonds. The number of nitrogens with zero attached hydrogens (tertiary/aromatic N) is 1. The van der Waals surface area contributed by atoms with Crippen molar-refractivity contribution in [2.24, 2.45) is 0 Å². The summed E-state index contributed by atoms with van der Waals surface area (Å²) in [5, 5.41) is 2.68. The molecule has 0 aliphatic carbocycles. The summed E-state index contributed by atoms with van der Waals surface area (Å²) in [7, 11) is -3.51. The SMILES string of the molecule is CCCNC(=O)CCN(Cc1ccccc1F)S(C)(=O)=O. The molecule has 21 heavy (non-hydrogen) atoms. The summed E-state index contributed by atoms with van der Waals surface area (Å²) >= 11 is 0. The number of benzene rings is 1. The minimum Gasteiger partial charge on any atom is -0.356 e. The van der Waals surface area contributed by atoms with Gasteiger partial charge in [0.15, 0.2) is 0 Å². The summed E-state index contributed by atoms with van der Waals surface area (Å²) < 4.78 is 38.2. The van der Waals surface area contributed by atoms with Crippen molar-refractivity contribution in [3.63, 3.8) is 0 Å². The van der Waals surface area contributed by atoms with Gasteiger partial charge in [-0.3, -0.25) is 4.79 Å². The number of hydrogen-bond donors (Lipinski definition) is 1. The predicted octanol–water partition coefficient (Wildman–Crippen LogP) is 1.50. The topological polar surface area (TPSA) is 66.5 Å². The molecule has 0 fully saturated rings. The van der Waals surface area contributed by atoms with Crippen LogP contribution in [0.4, 0.5) is 4.39 Å². The van der Waals surface area contributed by atoms with Crippen LogP contribution in [-0.4, -0.2) is 38.0 Å². The van der Waals surface area contributed by atoms with E-state index in [4.69, 9.17) is 0 Å². The predicted molar refractivity (Wildman–Crippen MR) is 79.6 cm³/mol. The van der Waals surface area contributed by atoms with Crippen molar-refractivity contribution in [2.45, 2.75) is 26.3 Å². The molecule has 0 aliphatic rings. The summed E-state index contributed by atoms with van der Waals surface area (Å²) in [6, 6.07) is 6.00. The van der Waals surface area contributed by atoms with E-state index in [0.29, 0.717) is 6.54 Å². The maximum absolute atomic E-state index is 13.6.